The first-order valence-electron chi connectivity index (χ1n) is 14.8. The number of likely N-dealkylation sites (N-methyl/N-ethyl adjacent to an activating group) is 1. The van der Waals surface area contributed by atoms with Crippen LogP contribution in [0.4, 0.5) is 4.79 Å². The maximum atomic E-state index is 14.3. The molecule has 1 N–H and O–H groups in total. The predicted molar refractivity (Wildman–Crippen MR) is 152 cm³/mol. The first-order valence-corrected chi connectivity index (χ1v) is 14.8. The van der Waals surface area contributed by atoms with Crippen molar-refractivity contribution < 1.29 is 14.3 Å². The number of hydrogen-bond donors (Lipinski definition) is 1. The van der Waals surface area contributed by atoms with Crippen LogP contribution in [0.25, 0.3) is 0 Å². The number of likely N-dealkylation sites (tertiary alicyclic amines) is 1. The maximum Gasteiger partial charge on any atom is 0.317 e. The zero-order valence-corrected chi connectivity index (χ0v) is 23.4. The fourth-order valence-electron chi connectivity index (χ4n) is 6.98. The molecule has 2 heterocycles. The highest BCUT2D eigenvalue weighted by Crippen LogP contribution is 2.46. The van der Waals surface area contributed by atoms with Gasteiger partial charge in [-0.2, -0.15) is 0 Å². The second-order valence-electron chi connectivity index (χ2n) is 12.0. The summed E-state index contributed by atoms with van der Waals surface area (Å²) in [4.78, 5) is 33.6. The van der Waals surface area contributed by atoms with Gasteiger partial charge in [-0.05, 0) is 86.7 Å². The van der Waals surface area contributed by atoms with E-state index < -0.39 is 5.54 Å². The lowest BCUT2D eigenvalue weighted by atomic mass is 9.86. The lowest BCUT2D eigenvalue weighted by Gasteiger charge is -2.42. The van der Waals surface area contributed by atoms with Crippen LogP contribution >= 0.6 is 0 Å². The maximum absolute atomic E-state index is 14.3. The average Bonchev–Trinajstić information content (AvgIpc) is 3.66. The van der Waals surface area contributed by atoms with E-state index >= 15 is 0 Å². The number of urea groups is 1. The number of carbonyl (C=O) groups excluding carboxylic acids is 2. The van der Waals surface area contributed by atoms with Gasteiger partial charge in [-0.3, -0.25) is 9.69 Å². The summed E-state index contributed by atoms with van der Waals surface area (Å²) in [7, 11) is 3.79. The van der Waals surface area contributed by atoms with Crippen LogP contribution in [0.3, 0.4) is 0 Å². The summed E-state index contributed by atoms with van der Waals surface area (Å²) >= 11 is 0. The highest BCUT2D eigenvalue weighted by molar-refractivity contribution is 5.89. The number of carbonyl (C=O) groups is 2. The fourth-order valence-corrected chi connectivity index (χ4v) is 6.98. The van der Waals surface area contributed by atoms with Gasteiger partial charge in [-0.25, -0.2) is 4.79 Å². The van der Waals surface area contributed by atoms with Crippen LogP contribution < -0.4 is 10.1 Å². The monoisotopic (exact) mass is 530 g/mol. The molecule has 39 heavy (non-hydrogen) atoms. The van der Waals surface area contributed by atoms with Crippen molar-refractivity contribution in [1.29, 1.82) is 0 Å². The van der Waals surface area contributed by atoms with Gasteiger partial charge in [-0.1, -0.05) is 49.2 Å². The molecule has 0 aromatic heterocycles. The van der Waals surface area contributed by atoms with Gasteiger partial charge in [0.1, 0.15) is 17.5 Å². The molecular weight excluding hydrogens is 488 g/mol. The van der Waals surface area contributed by atoms with Crippen LogP contribution in [0.5, 0.6) is 5.75 Å². The van der Waals surface area contributed by atoms with Crippen molar-refractivity contribution in [3.8, 4) is 5.75 Å². The van der Waals surface area contributed by atoms with E-state index in [1.54, 1.807) is 7.11 Å². The van der Waals surface area contributed by atoms with Crippen LogP contribution in [-0.4, -0.2) is 72.0 Å². The topological polar surface area (TPSA) is 65.1 Å². The van der Waals surface area contributed by atoms with E-state index in [1.165, 1.54) is 42.4 Å². The van der Waals surface area contributed by atoms with Crippen molar-refractivity contribution >= 4 is 11.9 Å². The third kappa shape index (κ3) is 5.13. The number of rotatable bonds is 7. The van der Waals surface area contributed by atoms with Gasteiger partial charge in [0.2, 0.25) is 5.91 Å². The van der Waals surface area contributed by atoms with E-state index in [1.807, 2.05) is 17.0 Å². The molecule has 2 saturated carbocycles. The number of nitrogens with one attached hydrogen (secondary N) is 1. The lowest BCUT2D eigenvalue weighted by Crippen LogP contribution is -2.58. The second-order valence-corrected chi connectivity index (χ2v) is 12.0. The smallest absolute Gasteiger partial charge is 0.317 e. The van der Waals surface area contributed by atoms with E-state index in [4.69, 9.17) is 4.74 Å². The third-order valence-corrected chi connectivity index (χ3v) is 9.64. The second kappa shape index (κ2) is 10.8. The molecule has 1 spiro atoms. The van der Waals surface area contributed by atoms with Crippen molar-refractivity contribution in [1.82, 2.24) is 20.0 Å². The molecule has 0 bridgehead atoms. The lowest BCUT2D eigenvalue weighted by molar-refractivity contribution is -0.135. The highest BCUT2D eigenvalue weighted by atomic mass is 16.5. The molecule has 7 heteroatoms. The van der Waals surface area contributed by atoms with Crippen molar-refractivity contribution in [3.05, 3.63) is 65.2 Å². The molecule has 1 atom stereocenters. The molecule has 7 nitrogen and oxygen atoms in total. The Hall–Kier alpha value is -3.06. The van der Waals surface area contributed by atoms with Gasteiger partial charge >= 0.3 is 6.03 Å². The number of ether oxygens (including phenoxy) is 1. The minimum Gasteiger partial charge on any atom is -0.497 e. The van der Waals surface area contributed by atoms with Crippen molar-refractivity contribution in [2.75, 3.05) is 33.8 Å². The Kier molecular flexibility index (Phi) is 7.27. The Morgan fingerprint density at radius 1 is 0.949 bits per heavy atom. The van der Waals surface area contributed by atoms with Crippen LogP contribution in [0, 0.1) is 0 Å². The van der Waals surface area contributed by atoms with Gasteiger partial charge in [0, 0.05) is 25.7 Å². The Bertz CT molecular complexity index is 1160. The van der Waals surface area contributed by atoms with E-state index in [0.29, 0.717) is 44.4 Å². The standard InChI is InChI=1S/C32H42N4O3/c1-34-29(26-13-11-25(12-14-26)24-9-10-24)36(20-17-23-7-15-28(39-2)16-8-23)30(37)32(34)18-21-35(22-19-32)31(38)33-27-5-3-4-6-27/h7-8,11-16,24,27,29H,3-6,9-10,17-22H2,1-2H3,(H,33,38). The van der Waals surface area contributed by atoms with Gasteiger partial charge in [0.25, 0.3) is 0 Å². The summed E-state index contributed by atoms with van der Waals surface area (Å²) in [5.74, 6) is 1.75. The molecule has 4 aliphatic rings. The van der Waals surface area contributed by atoms with Crippen molar-refractivity contribution in [2.24, 2.45) is 0 Å². The van der Waals surface area contributed by atoms with E-state index in [2.05, 4.69) is 58.6 Å². The van der Waals surface area contributed by atoms with Crippen molar-refractivity contribution in [2.45, 2.75) is 81.5 Å². The van der Waals surface area contributed by atoms with Crippen LogP contribution in [0.1, 0.15) is 80.1 Å². The molecule has 1 unspecified atom stereocenters. The molecule has 2 aromatic carbocycles. The molecular formula is C32H42N4O3. The summed E-state index contributed by atoms with van der Waals surface area (Å²) in [6.45, 7) is 1.86. The number of methoxy groups -OCH3 is 1. The minimum atomic E-state index is -0.579. The number of nitrogens with zero attached hydrogens (tertiary/aromatic N) is 3. The Labute approximate surface area is 232 Å². The van der Waals surface area contributed by atoms with Crippen LogP contribution in [0.2, 0.25) is 0 Å². The first kappa shape index (κ1) is 26.2. The highest BCUT2D eigenvalue weighted by Gasteiger charge is 2.57. The third-order valence-electron chi connectivity index (χ3n) is 9.64. The molecule has 6 rings (SSSR count). The van der Waals surface area contributed by atoms with E-state index in [0.717, 1.165) is 25.0 Å². The summed E-state index contributed by atoms with van der Waals surface area (Å²) in [6.07, 6.45) is 9.11. The Morgan fingerprint density at radius 2 is 1.59 bits per heavy atom. The van der Waals surface area contributed by atoms with Gasteiger partial charge in [0.15, 0.2) is 0 Å². The normalized spacial score (nSPS) is 23.5. The van der Waals surface area contributed by atoms with Crippen LogP contribution in [0.15, 0.2) is 48.5 Å². The fraction of sp³-hybridized carbons (Fsp3) is 0.562. The predicted octanol–water partition coefficient (Wildman–Crippen LogP) is 5.07. The van der Waals surface area contributed by atoms with Gasteiger partial charge < -0.3 is 19.9 Å². The Balaban J connectivity index is 1.20. The number of amides is 3. The average molecular weight is 531 g/mol. The summed E-state index contributed by atoms with van der Waals surface area (Å²) in [5, 5.41) is 3.23. The quantitative estimate of drug-likeness (QED) is 0.543. The molecule has 2 saturated heterocycles. The largest absolute Gasteiger partial charge is 0.497 e. The zero-order chi connectivity index (χ0) is 27.0. The number of piperidine rings is 1. The molecule has 208 valence electrons. The molecule has 2 aliphatic carbocycles. The molecule has 0 radical (unpaired) electrons. The minimum absolute atomic E-state index is 0.0356. The van der Waals surface area contributed by atoms with Gasteiger partial charge in [-0.15, -0.1) is 0 Å². The molecule has 2 aliphatic heterocycles. The summed E-state index contributed by atoms with van der Waals surface area (Å²) < 4.78 is 5.32. The van der Waals surface area contributed by atoms with E-state index in [9.17, 15) is 9.59 Å². The van der Waals surface area contributed by atoms with Crippen molar-refractivity contribution in [3.63, 3.8) is 0 Å². The molecule has 4 fully saturated rings. The zero-order valence-electron chi connectivity index (χ0n) is 23.4. The Morgan fingerprint density at radius 3 is 2.21 bits per heavy atom. The number of benzene rings is 2. The molecule has 3 amide bonds. The SMILES string of the molecule is COc1ccc(CCN2C(=O)C3(CCN(C(=O)NC4CCCC4)CC3)N(C)C2c2ccc(C3CC3)cc2)cc1. The van der Waals surface area contributed by atoms with E-state index in [-0.39, 0.29) is 18.1 Å². The number of hydrogen-bond acceptors (Lipinski definition) is 4. The van der Waals surface area contributed by atoms with Crippen LogP contribution in [-0.2, 0) is 11.2 Å². The summed E-state index contributed by atoms with van der Waals surface area (Å²) in [6, 6.07) is 17.4. The molecule has 2 aromatic rings. The summed E-state index contributed by atoms with van der Waals surface area (Å²) in [5.41, 5.74) is 3.19. The first-order chi connectivity index (χ1) is 19.0. The van der Waals surface area contributed by atoms with Gasteiger partial charge in [0.05, 0.1) is 7.11 Å².